The van der Waals surface area contributed by atoms with E-state index < -0.39 is 54.0 Å². The summed E-state index contributed by atoms with van der Waals surface area (Å²) >= 11 is 0. The van der Waals surface area contributed by atoms with E-state index in [0.29, 0.717) is 12.1 Å². The van der Waals surface area contributed by atoms with Crippen LogP contribution >= 0.6 is 0 Å². The molecule has 9 N–H and O–H groups in total. The number of carboxylic acids is 1. The number of aliphatic hydroxyl groups is 1. The molecule has 0 spiro atoms. The van der Waals surface area contributed by atoms with Crippen molar-refractivity contribution in [3.05, 3.63) is 54.2 Å². The average Bonchev–Trinajstić information content (AvgIpc) is 3.59. The summed E-state index contributed by atoms with van der Waals surface area (Å²) in [5.41, 5.74) is 7.84. The van der Waals surface area contributed by atoms with Crippen LogP contribution in [0.5, 0.6) is 0 Å². The second-order valence-electron chi connectivity index (χ2n) is 9.94. The number of hydrogen-bond donors (Lipinski definition) is 8. The van der Waals surface area contributed by atoms with Crippen molar-refractivity contribution in [1.29, 1.82) is 0 Å². The summed E-state index contributed by atoms with van der Waals surface area (Å²) in [6.45, 7) is 4.97. The smallest absolute Gasteiger partial charge is 0.326 e. The molecule has 3 amide bonds. The number of para-hydroxylation sites is 1. The minimum absolute atomic E-state index is 0.0440. The molecule has 0 aliphatic heterocycles. The molecule has 0 bridgehead atoms. The van der Waals surface area contributed by atoms with Crippen LogP contribution in [-0.4, -0.2) is 79.1 Å². The van der Waals surface area contributed by atoms with E-state index in [1.165, 1.54) is 19.4 Å². The standard InChI is InChI=1S/C27H37N7O6/c1-4-14(2)23(34-25(37)22(28)15(3)35)26(38)32-20(9-16-11-30-19-8-6-5-7-18(16)19)24(36)33-21(27(39)40)10-17-12-29-13-31-17/h5-8,11-15,20-23,30,35H,4,9-10,28H2,1-3H3,(H,29,31)(H,32,38)(H,33,36)(H,34,37)(H,39,40). The highest BCUT2D eigenvalue weighted by atomic mass is 16.4. The summed E-state index contributed by atoms with van der Waals surface area (Å²) in [4.78, 5) is 61.4. The van der Waals surface area contributed by atoms with E-state index in [4.69, 9.17) is 5.73 Å². The third kappa shape index (κ3) is 7.67. The van der Waals surface area contributed by atoms with Crippen molar-refractivity contribution in [2.75, 3.05) is 0 Å². The number of carbonyl (C=O) groups is 4. The van der Waals surface area contributed by atoms with E-state index in [0.717, 1.165) is 16.5 Å². The van der Waals surface area contributed by atoms with Gasteiger partial charge in [-0.1, -0.05) is 38.5 Å². The molecule has 2 heterocycles. The first-order valence-corrected chi connectivity index (χ1v) is 13.1. The number of benzene rings is 1. The van der Waals surface area contributed by atoms with Crippen molar-refractivity contribution in [3.8, 4) is 0 Å². The fraction of sp³-hybridized carbons (Fsp3) is 0.444. The van der Waals surface area contributed by atoms with E-state index in [9.17, 15) is 29.4 Å². The zero-order chi connectivity index (χ0) is 29.4. The maximum atomic E-state index is 13.5. The summed E-state index contributed by atoms with van der Waals surface area (Å²) < 4.78 is 0. The summed E-state index contributed by atoms with van der Waals surface area (Å²) in [6.07, 6.45) is 3.99. The van der Waals surface area contributed by atoms with E-state index in [1.807, 2.05) is 31.2 Å². The number of nitrogens with one attached hydrogen (secondary N) is 5. The first-order chi connectivity index (χ1) is 19.0. The molecule has 3 aromatic rings. The maximum Gasteiger partial charge on any atom is 0.326 e. The van der Waals surface area contributed by atoms with Gasteiger partial charge in [0.1, 0.15) is 24.2 Å². The number of imidazole rings is 1. The number of H-pyrrole nitrogens is 2. The van der Waals surface area contributed by atoms with Gasteiger partial charge in [0.15, 0.2) is 0 Å². The Kier molecular flexibility index (Phi) is 10.4. The van der Waals surface area contributed by atoms with Gasteiger partial charge in [0.2, 0.25) is 17.7 Å². The number of carbonyl (C=O) groups excluding carboxylic acids is 3. The molecule has 0 saturated carbocycles. The molecule has 0 fully saturated rings. The third-order valence-electron chi connectivity index (χ3n) is 6.94. The Hall–Kier alpha value is -4.23. The number of rotatable bonds is 14. The van der Waals surface area contributed by atoms with Crippen molar-refractivity contribution >= 4 is 34.6 Å². The lowest BCUT2D eigenvalue weighted by atomic mass is 9.96. The van der Waals surface area contributed by atoms with Crippen molar-refractivity contribution in [2.24, 2.45) is 11.7 Å². The lowest BCUT2D eigenvalue weighted by Gasteiger charge is -2.28. The molecule has 0 radical (unpaired) electrons. The summed E-state index contributed by atoms with van der Waals surface area (Å²) in [6, 6.07) is 2.68. The van der Waals surface area contributed by atoms with Gasteiger partial charge in [-0.05, 0) is 24.5 Å². The molecular formula is C27H37N7O6. The zero-order valence-corrected chi connectivity index (χ0v) is 22.7. The largest absolute Gasteiger partial charge is 0.480 e. The van der Waals surface area contributed by atoms with Crippen molar-refractivity contribution < 1.29 is 29.4 Å². The van der Waals surface area contributed by atoms with Gasteiger partial charge in [0.25, 0.3) is 0 Å². The lowest BCUT2D eigenvalue weighted by Crippen LogP contribution is -2.60. The fourth-order valence-electron chi connectivity index (χ4n) is 4.25. The quantitative estimate of drug-likeness (QED) is 0.135. The van der Waals surface area contributed by atoms with Crippen LogP contribution in [0.3, 0.4) is 0 Å². The molecule has 13 heteroatoms. The first-order valence-electron chi connectivity index (χ1n) is 13.1. The monoisotopic (exact) mass is 555 g/mol. The highest BCUT2D eigenvalue weighted by Crippen LogP contribution is 2.20. The van der Waals surface area contributed by atoms with Gasteiger partial charge in [-0.3, -0.25) is 14.4 Å². The third-order valence-corrected chi connectivity index (χ3v) is 6.94. The van der Waals surface area contributed by atoms with Crippen molar-refractivity contribution in [3.63, 3.8) is 0 Å². The Balaban J connectivity index is 1.87. The van der Waals surface area contributed by atoms with Gasteiger partial charge in [-0.25, -0.2) is 9.78 Å². The molecule has 0 aliphatic carbocycles. The normalized spacial score (nSPS) is 15.8. The van der Waals surface area contributed by atoms with Crippen molar-refractivity contribution in [1.82, 2.24) is 30.9 Å². The number of carboxylic acid groups (broad SMARTS) is 1. The van der Waals surface area contributed by atoms with Crippen LogP contribution in [0.25, 0.3) is 10.9 Å². The van der Waals surface area contributed by atoms with Gasteiger partial charge in [-0.15, -0.1) is 0 Å². The topological polar surface area (TPSA) is 215 Å². The van der Waals surface area contributed by atoms with Crippen LogP contribution in [0.1, 0.15) is 38.4 Å². The zero-order valence-electron chi connectivity index (χ0n) is 22.7. The van der Waals surface area contributed by atoms with E-state index >= 15 is 0 Å². The molecule has 0 saturated heterocycles. The minimum atomic E-state index is -1.29. The summed E-state index contributed by atoms with van der Waals surface area (Å²) in [5, 5.41) is 28.1. The molecule has 3 rings (SSSR count). The molecule has 13 nitrogen and oxygen atoms in total. The molecule has 6 unspecified atom stereocenters. The second-order valence-corrected chi connectivity index (χ2v) is 9.94. The molecule has 0 aliphatic rings. The fourth-order valence-corrected chi connectivity index (χ4v) is 4.25. The van der Waals surface area contributed by atoms with Gasteiger partial charge in [0.05, 0.1) is 12.4 Å². The number of nitrogens with two attached hydrogens (primary N) is 1. The van der Waals surface area contributed by atoms with E-state index in [-0.39, 0.29) is 18.8 Å². The van der Waals surface area contributed by atoms with Gasteiger partial charge in [-0.2, -0.15) is 0 Å². The summed E-state index contributed by atoms with van der Waals surface area (Å²) in [5.74, 6) is -3.65. The second kappa shape index (κ2) is 13.7. The number of aromatic nitrogens is 3. The lowest BCUT2D eigenvalue weighted by molar-refractivity contribution is -0.142. The number of hydrogen-bond acceptors (Lipinski definition) is 7. The first kappa shape index (κ1) is 30.3. The molecule has 6 atom stereocenters. The van der Waals surface area contributed by atoms with Gasteiger partial charge >= 0.3 is 5.97 Å². The highest BCUT2D eigenvalue weighted by Gasteiger charge is 2.33. The van der Waals surface area contributed by atoms with E-state index in [1.54, 1.807) is 13.1 Å². The number of aliphatic hydroxyl groups excluding tert-OH is 1. The average molecular weight is 556 g/mol. The maximum absolute atomic E-state index is 13.5. The molecule has 216 valence electrons. The SMILES string of the molecule is CCC(C)C(NC(=O)C(N)C(C)O)C(=O)NC(Cc1c[nH]c2ccccc12)C(=O)NC(Cc1cnc[nH]1)C(=O)O. The number of nitrogens with zero attached hydrogens (tertiary/aromatic N) is 1. The Morgan fingerprint density at radius 2 is 1.68 bits per heavy atom. The Morgan fingerprint density at radius 3 is 2.30 bits per heavy atom. The number of aliphatic carboxylic acids is 1. The number of aromatic amines is 2. The van der Waals surface area contributed by atoms with Gasteiger partial charge < -0.3 is 41.9 Å². The van der Waals surface area contributed by atoms with Gasteiger partial charge in [0, 0.05) is 41.8 Å². The molecule has 2 aromatic heterocycles. The van der Waals surface area contributed by atoms with Crippen molar-refractivity contribution in [2.45, 2.75) is 70.3 Å². The number of fused-ring (bicyclic) bond motifs is 1. The predicted molar refractivity (Wildman–Crippen MR) is 147 cm³/mol. The van der Waals surface area contributed by atoms with Crippen LogP contribution in [0, 0.1) is 5.92 Å². The Labute approximate surface area is 231 Å². The molecule has 40 heavy (non-hydrogen) atoms. The predicted octanol–water partition coefficient (Wildman–Crippen LogP) is -0.0306. The number of amides is 3. The van der Waals surface area contributed by atoms with Crippen LogP contribution in [0.4, 0.5) is 0 Å². The van der Waals surface area contributed by atoms with Crippen LogP contribution < -0.4 is 21.7 Å². The minimum Gasteiger partial charge on any atom is -0.480 e. The molecule has 1 aromatic carbocycles. The van der Waals surface area contributed by atoms with Crippen LogP contribution in [0.15, 0.2) is 43.0 Å². The Bertz CT molecular complexity index is 1310. The summed E-state index contributed by atoms with van der Waals surface area (Å²) in [7, 11) is 0. The highest BCUT2D eigenvalue weighted by molar-refractivity contribution is 5.95. The van der Waals surface area contributed by atoms with Crippen LogP contribution in [0.2, 0.25) is 0 Å². The Morgan fingerprint density at radius 1 is 0.975 bits per heavy atom. The van der Waals surface area contributed by atoms with Crippen LogP contribution in [-0.2, 0) is 32.0 Å². The van der Waals surface area contributed by atoms with E-state index in [2.05, 4.69) is 30.9 Å². The molecular weight excluding hydrogens is 518 g/mol.